The molecule has 0 spiro atoms. The summed E-state index contributed by atoms with van der Waals surface area (Å²) in [6, 6.07) is 13.6. The number of carbonyl (C=O) groups is 1. The average molecular weight is 396 g/mol. The van der Waals surface area contributed by atoms with Gasteiger partial charge in [0.1, 0.15) is 5.50 Å². The van der Waals surface area contributed by atoms with Crippen molar-refractivity contribution in [2.24, 2.45) is 0 Å². The number of ether oxygens (including phenoxy) is 1. The molecule has 0 aliphatic carbocycles. The molecule has 0 saturated carbocycles. The Morgan fingerprint density at radius 1 is 1.08 bits per heavy atom. The number of esters is 1. The first-order valence-corrected chi connectivity index (χ1v) is 8.58. The van der Waals surface area contributed by atoms with Crippen molar-refractivity contribution in [2.45, 2.75) is 11.6 Å². The van der Waals surface area contributed by atoms with Gasteiger partial charge in [-0.25, -0.2) is 9.78 Å². The molecule has 0 N–H and O–H groups in total. The summed E-state index contributed by atoms with van der Waals surface area (Å²) >= 11 is 18.6. The van der Waals surface area contributed by atoms with Crippen LogP contribution in [0.1, 0.15) is 27.5 Å². The Balaban J connectivity index is 1.92. The van der Waals surface area contributed by atoms with Gasteiger partial charge in [0.2, 0.25) is 0 Å². The molecule has 0 fully saturated rings. The zero-order valence-corrected chi connectivity index (χ0v) is 15.1. The molecule has 0 aliphatic rings. The van der Waals surface area contributed by atoms with Crippen molar-refractivity contribution in [1.29, 1.82) is 0 Å². The van der Waals surface area contributed by atoms with Crippen LogP contribution in [-0.4, -0.2) is 15.5 Å². The van der Waals surface area contributed by atoms with Gasteiger partial charge < -0.3 is 9.30 Å². The van der Waals surface area contributed by atoms with Crippen LogP contribution in [0.5, 0.6) is 0 Å². The van der Waals surface area contributed by atoms with Crippen molar-refractivity contribution >= 4 is 40.8 Å². The molecule has 3 aromatic rings. The lowest BCUT2D eigenvalue weighted by Crippen LogP contribution is -2.19. The smallest absolute Gasteiger partial charge is 0.340 e. The number of aromatic nitrogens is 2. The maximum atomic E-state index is 12.6. The van der Waals surface area contributed by atoms with Crippen LogP contribution in [0.2, 0.25) is 10.0 Å². The van der Waals surface area contributed by atoms with Crippen LogP contribution in [0.3, 0.4) is 0 Å². The van der Waals surface area contributed by atoms with Crippen LogP contribution in [0.4, 0.5) is 0 Å². The molecule has 2 unspecified atom stereocenters. The number of rotatable bonds is 5. The van der Waals surface area contributed by atoms with E-state index in [4.69, 9.17) is 39.5 Å². The first-order chi connectivity index (χ1) is 12.1. The summed E-state index contributed by atoms with van der Waals surface area (Å²) in [7, 11) is 0. The summed E-state index contributed by atoms with van der Waals surface area (Å²) in [4.78, 5) is 16.6. The van der Waals surface area contributed by atoms with Gasteiger partial charge in [-0.1, -0.05) is 59.1 Å². The Labute approximate surface area is 159 Å². The Morgan fingerprint density at radius 3 is 2.44 bits per heavy atom. The Bertz CT molecular complexity index is 851. The van der Waals surface area contributed by atoms with E-state index < -0.39 is 17.6 Å². The van der Waals surface area contributed by atoms with E-state index in [1.807, 2.05) is 0 Å². The molecule has 1 heterocycles. The predicted octanol–water partition coefficient (Wildman–Crippen LogP) is 5.53. The summed E-state index contributed by atoms with van der Waals surface area (Å²) in [5, 5.41) is 0.893. The molecule has 3 rings (SSSR count). The van der Waals surface area contributed by atoms with Gasteiger partial charge in [-0.05, 0) is 29.8 Å². The number of hydrogen-bond donors (Lipinski definition) is 0. The maximum Gasteiger partial charge on any atom is 0.340 e. The molecule has 1 aromatic heterocycles. The molecule has 0 bridgehead atoms. The van der Waals surface area contributed by atoms with Crippen LogP contribution in [0, 0.1) is 0 Å². The van der Waals surface area contributed by atoms with Crippen molar-refractivity contribution in [2.75, 3.05) is 0 Å². The lowest BCUT2D eigenvalue weighted by atomic mass is 10.1. The predicted molar refractivity (Wildman–Crippen MR) is 98.2 cm³/mol. The van der Waals surface area contributed by atoms with E-state index in [1.165, 1.54) is 0 Å². The Hall–Kier alpha value is -2.01. The van der Waals surface area contributed by atoms with Crippen LogP contribution in [0.25, 0.3) is 0 Å². The van der Waals surface area contributed by atoms with Crippen molar-refractivity contribution in [3.63, 3.8) is 0 Å². The molecule has 7 heteroatoms. The molecule has 25 heavy (non-hydrogen) atoms. The Morgan fingerprint density at radius 2 is 1.80 bits per heavy atom. The van der Waals surface area contributed by atoms with E-state index >= 15 is 0 Å². The second-order valence-corrected chi connectivity index (χ2v) is 6.53. The van der Waals surface area contributed by atoms with E-state index in [0.717, 1.165) is 0 Å². The second-order valence-electron chi connectivity index (χ2n) is 5.24. The molecular formula is C18H13Cl3N2O2. The van der Waals surface area contributed by atoms with Gasteiger partial charge in [-0.3, -0.25) is 0 Å². The SMILES string of the molecule is O=C(OC(c1ccc(Cl)cc1)C(Cl)n1ccnc1)c1ccccc1Cl. The highest BCUT2D eigenvalue weighted by Gasteiger charge is 2.28. The fourth-order valence-corrected chi connectivity index (χ4v) is 2.96. The number of nitrogens with zero attached hydrogens (tertiary/aromatic N) is 2. The third-order valence-corrected chi connectivity index (χ3v) is 4.62. The quantitative estimate of drug-likeness (QED) is 0.422. The monoisotopic (exact) mass is 394 g/mol. The van der Waals surface area contributed by atoms with E-state index in [2.05, 4.69) is 4.98 Å². The van der Waals surface area contributed by atoms with E-state index in [0.29, 0.717) is 15.6 Å². The van der Waals surface area contributed by atoms with Gasteiger partial charge in [-0.15, -0.1) is 0 Å². The summed E-state index contributed by atoms with van der Waals surface area (Å²) in [6.45, 7) is 0. The van der Waals surface area contributed by atoms with Crippen molar-refractivity contribution in [3.8, 4) is 0 Å². The number of hydrogen-bond acceptors (Lipinski definition) is 3. The topological polar surface area (TPSA) is 44.1 Å². The highest BCUT2D eigenvalue weighted by atomic mass is 35.5. The zero-order valence-electron chi connectivity index (χ0n) is 12.9. The van der Waals surface area contributed by atoms with Crippen molar-refractivity contribution < 1.29 is 9.53 Å². The third kappa shape index (κ3) is 4.15. The number of imidazole rings is 1. The number of benzene rings is 2. The maximum absolute atomic E-state index is 12.6. The van der Waals surface area contributed by atoms with Crippen LogP contribution in [-0.2, 0) is 4.74 Å². The van der Waals surface area contributed by atoms with Crippen molar-refractivity contribution in [3.05, 3.63) is 88.4 Å². The molecule has 0 saturated heterocycles. The molecule has 2 atom stereocenters. The van der Waals surface area contributed by atoms with Crippen LogP contribution in [0.15, 0.2) is 67.3 Å². The number of halogens is 3. The van der Waals surface area contributed by atoms with Crippen LogP contribution >= 0.6 is 34.8 Å². The minimum atomic E-state index is -0.753. The first kappa shape index (κ1) is 17.8. The largest absolute Gasteiger partial charge is 0.450 e. The average Bonchev–Trinajstić information content (AvgIpc) is 3.15. The van der Waals surface area contributed by atoms with Gasteiger partial charge in [0.15, 0.2) is 6.10 Å². The molecule has 128 valence electrons. The molecule has 4 nitrogen and oxygen atoms in total. The minimum absolute atomic E-state index is 0.276. The zero-order chi connectivity index (χ0) is 17.8. The van der Waals surface area contributed by atoms with Crippen molar-refractivity contribution in [1.82, 2.24) is 9.55 Å². The van der Waals surface area contributed by atoms with Gasteiger partial charge in [0.05, 0.1) is 16.9 Å². The lowest BCUT2D eigenvalue weighted by Gasteiger charge is -2.24. The molecule has 2 aromatic carbocycles. The van der Waals surface area contributed by atoms with E-state index in [-0.39, 0.29) is 5.56 Å². The molecule has 0 radical (unpaired) electrons. The lowest BCUT2D eigenvalue weighted by molar-refractivity contribution is 0.0238. The van der Waals surface area contributed by atoms with E-state index in [1.54, 1.807) is 71.8 Å². The fourth-order valence-electron chi connectivity index (χ4n) is 2.31. The minimum Gasteiger partial charge on any atom is -0.450 e. The summed E-state index contributed by atoms with van der Waals surface area (Å²) < 4.78 is 7.34. The first-order valence-electron chi connectivity index (χ1n) is 7.39. The van der Waals surface area contributed by atoms with Gasteiger partial charge in [0, 0.05) is 17.4 Å². The van der Waals surface area contributed by atoms with Gasteiger partial charge >= 0.3 is 5.97 Å². The molecular weight excluding hydrogens is 383 g/mol. The Kier molecular flexibility index (Phi) is 5.63. The summed E-state index contributed by atoms with van der Waals surface area (Å²) in [5.74, 6) is -0.559. The summed E-state index contributed by atoms with van der Waals surface area (Å²) in [5.41, 5.74) is 0.297. The number of alkyl halides is 1. The van der Waals surface area contributed by atoms with Gasteiger partial charge in [0.25, 0.3) is 0 Å². The highest BCUT2D eigenvalue weighted by Crippen LogP contribution is 2.35. The molecule has 0 amide bonds. The summed E-state index contributed by atoms with van der Waals surface area (Å²) in [6.07, 6.45) is 4.11. The standard InChI is InChI=1S/C18H13Cl3N2O2/c19-13-7-5-12(6-8-13)16(17(21)23-10-9-22-11-23)25-18(24)14-3-1-2-4-15(14)20/h1-11,16-17H. The van der Waals surface area contributed by atoms with Gasteiger partial charge in [-0.2, -0.15) is 0 Å². The second kappa shape index (κ2) is 7.91. The normalized spacial score (nSPS) is 13.2. The highest BCUT2D eigenvalue weighted by molar-refractivity contribution is 6.33. The fraction of sp³-hybridized carbons (Fsp3) is 0.111. The molecule has 0 aliphatic heterocycles. The number of carbonyl (C=O) groups excluding carboxylic acids is 1. The third-order valence-electron chi connectivity index (χ3n) is 3.59. The van der Waals surface area contributed by atoms with Crippen LogP contribution < -0.4 is 0 Å². The van der Waals surface area contributed by atoms with E-state index in [9.17, 15) is 4.79 Å².